The van der Waals surface area contributed by atoms with Crippen LogP contribution < -0.4 is 10.5 Å². The fourth-order valence-corrected chi connectivity index (χ4v) is 2.70. The normalized spacial score (nSPS) is 10.5. The summed E-state index contributed by atoms with van der Waals surface area (Å²) < 4.78 is 18.6. The SMILES string of the molecule is COc1ccc(Sc2cc(F)cc(CCN)c2)cc1. The standard InChI is InChI=1S/C15H16FNOS/c1-18-13-2-4-14(5-3-13)19-15-9-11(6-7-17)8-12(16)10-15/h2-5,8-10H,6-7,17H2,1H3. The largest absolute Gasteiger partial charge is 0.497 e. The second-order valence-electron chi connectivity index (χ2n) is 4.11. The van der Waals surface area contributed by atoms with Crippen molar-refractivity contribution in [2.45, 2.75) is 16.2 Å². The number of ether oxygens (including phenoxy) is 1. The molecule has 0 amide bonds. The van der Waals surface area contributed by atoms with Crippen molar-refractivity contribution in [2.24, 2.45) is 5.73 Å². The van der Waals surface area contributed by atoms with Crippen LogP contribution in [0.25, 0.3) is 0 Å². The fraction of sp³-hybridized carbons (Fsp3) is 0.200. The highest BCUT2D eigenvalue weighted by Gasteiger charge is 2.03. The molecule has 2 nitrogen and oxygen atoms in total. The van der Waals surface area contributed by atoms with E-state index in [4.69, 9.17) is 10.5 Å². The van der Waals surface area contributed by atoms with Crippen LogP contribution in [0.5, 0.6) is 5.75 Å². The van der Waals surface area contributed by atoms with Crippen LogP contribution in [0, 0.1) is 5.82 Å². The van der Waals surface area contributed by atoms with Crippen LogP contribution in [-0.4, -0.2) is 13.7 Å². The Kier molecular flexibility index (Phi) is 4.82. The van der Waals surface area contributed by atoms with Crippen molar-refractivity contribution in [3.8, 4) is 5.75 Å². The molecule has 2 rings (SSSR count). The van der Waals surface area contributed by atoms with Gasteiger partial charge in [0.25, 0.3) is 0 Å². The Morgan fingerprint density at radius 3 is 2.47 bits per heavy atom. The van der Waals surface area contributed by atoms with Crippen molar-refractivity contribution in [2.75, 3.05) is 13.7 Å². The third-order valence-electron chi connectivity index (χ3n) is 2.66. The van der Waals surface area contributed by atoms with Gasteiger partial charge in [0.15, 0.2) is 0 Å². The van der Waals surface area contributed by atoms with Crippen LogP contribution in [0.4, 0.5) is 4.39 Å². The molecule has 0 fully saturated rings. The third kappa shape index (κ3) is 3.98. The maximum Gasteiger partial charge on any atom is 0.124 e. The van der Waals surface area contributed by atoms with Gasteiger partial charge in [0.2, 0.25) is 0 Å². The Labute approximate surface area is 116 Å². The smallest absolute Gasteiger partial charge is 0.124 e. The molecule has 0 atom stereocenters. The second-order valence-corrected chi connectivity index (χ2v) is 5.26. The van der Waals surface area contributed by atoms with Crippen molar-refractivity contribution in [3.63, 3.8) is 0 Å². The first-order valence-electron chi connectivity index (χ1n) is 6.02. The molecule has 0 aliphatic rings. The van der Waals surface area contributed by atoms with Gasteiger partial charge in [0.05, 0.1) is 7.11 Å². The summed E-state index contributed by atoms with van der Waals surface area (Å²) in [5.74, 6) is 0.592. The number of benzene rings is 2. The summed E-state index contributed by atoms with van der Waals surface area (Å²) in [6.45, 7) is 0.524. The zero-order chi connectivity index (χ0) is 13.7. The Morgan fingerprint density at radius 1 is 1.11 bits per heavy atom. The molecule has 0 radical (unpaired) electrons. The highest BCUT2D eigenvalue weighted by atomic mass is 32.2. The highest BCUT2D eigenvalue weighted by Crippen LogP contribution is 2.30. The number of halogens is 1. The van der Waals surface area contributed by atoms with Gasteiger partial charge in [-0.3, -0.25) is 0 Å². The van der Waals surface area contributed by atoms with E-state index in [0.717, 1.165) is 21.1 Å². The minimum atomic E-state index is -0.220. The quantitative estimate of drug-likeness (QED) is 0.908. The zero-order valence-corrected chi connectivity index (χ0v) is 11.5. The first-order chi connectivity index (χ1) is 9.21. The van der Waals surface area contributed by atoms with Crippen molar-refractivity contribution in [3.05, 3.63) is 53.8 Å². The minimum Gasteiger partial charge on any atom is -0.497 e. The summed E-state index contributed by atoms with van der Waals surface area (Å²) >= 11 is 1.52. The van der Waals surface area contributed by atoms with Gasteiger partial charge in [-0.1, -0.05) is 11.8 Å². The molecule has 0 aliphatic heterocycles. The Balaban J connectivity index is 2.17. The first-order valence-corrected chi connectivity index (χ1v) is 6.84. The lowest BCUT2D eigenvalue weighted by Gasteiger charge is -2.06. The predicted octanol–water partition coefficient (Wildman–Crippen LogP) is 3.49. The van der Waals surface area contributed by atoms with Gasteiger partial charge in [-0.05, 0) is 61.0 Å². The monoisotopic (exact) mass is 277 g/mol. The van der Waals surface area contributed by atoms with E-state index in [1.54, 1.807) is 7.11 Å². The lowest BCUT2D eigenvalue weighted by molar-refractivity contribution is 0.414. The summed E-state index contributed by atoms with van der Waals surface area (Å²) in [6, 6.07) is 12.7. The number of methoxy groups -OCH3 is 1. The Hall–Kier alpha value is -1.52. The summed E-state index contributed by atoms with van der Waals surface area (Å²) in [6.07, 6.45) is 0.688. The minimum absolute atomic E-state index is 0.220. The molecule has 0 aromatic heterocycles. The van der Waals surface area contributed by atoms with Crippen molar-refractivity contribution in [1.29, 1.82) is 0 Å². The van der Waals surface area contributed by atoms with E-state index < -0.39 is 0 Å². The van der Waals surface area contributed by atoms with Crippen LogP contribution in [0.2, 0.25) is 0 Å². The molecule has 0 saturated heterocycles. The van der Waals surface area contributed by atoms with Crippen LogP contribution in [-0.2, 0) is 6.42 Å². The molecule has 0 spiro atoms. The molecule has 0 heterocycles. The van der Waals surface area contributed by atoms with Crippen molar-refractivity contribution in [1.82, 2.24) is 0 Å². The average Bonchev–Trinajstić information content (AvgIpc) is 2.39. The molecular formula is C15H16FNOS. The van der Waals surface area contributed by atoms with Gasteiger partial charge in [0.1, 0.15) is 11.6 Å². The van der Waals surface area contributed by atoms with E-state index >= 15 is 0 Å². The maximum atomic E-state index is 13.5. The van der Waals surface area contributed by atoms with Gasteiger partial charge < -0.3 is 10.5 Å². The number of hydrogen-bond donors (Lipinski definition) is 1. The average molecular weight is 277 g/mol. The molecule has 0 unspecified atom stereocenters. The topological polar surface area (TPSA) is 35.2 Å². The lowest BCUT2D eigenvalue weighted by Crippen LogP contribution is -2.02. The second kappa shape index (κ2) is 6.59. The fourth-order valence-electron chi connectivity index (χ4n) is 1.77. The van der Waals surface area contributed by atoms with Crippen molar-refractivity contribution < 1.29 is 9.13 Å². The molecule has 0 bridgehead atoms. The zero-order valence-electron chi connectivity index (χ0n) is 10.7. The summed E-state index contributed by atoms with van der Waals surface area (Å²) in [5, 5.41) is 0. The molecule has 19 heavy (non-hydrogen) atoms. The predicted molar refractivity (Wildman–Crippen MR) is 76.3 cm³/mol. The van der Waals surface area contributed by atoms with Gasteiger partial charge in [-0.2, -0.15) is 0 Å². The maximum absolute atomic E-state index is 13.5. The van der Waals surface area contributed by atoms with E-state index in [1.807, 2.05) is 30.3 Å². The molecule has 4 heteroatoms. The van der Waals surface area contributed by atoms with Crippen molar-refractivity contribution >= 4 is 11.8 Å². The highest BCUT2D eigenvalue weighted by molar-refractivity contribution is 7.99. The summed E-state index contributed by atoms with van der Waals surface area (Å²) in [7, 11) is 1.63. The first kappa shape index (κ1) is 13.9. The van der Waals surface area contributed by atoms with E-state index in [-0.39, 0.29) is 5.82 Å². The molecule has 2 aromatic rings. The number of nitrogens with two attached hydrogens (primary N) is 1. The van der Waals surface area contributed by atoms with E-state index in [2.05, 4.69) is 0 Å². The number of hydrogen-bond acceptors (Lipinski definition) is 3. The van der Waals surface area contributed by atoms with Gasteiger partial charge >= 0.3 is 0 Å². The Bertz CT molecular complexity index is 542. The van der Waals surface area contributed by atoms with Crippen LogP contribution in [0.1, 0.15) is 5.56 Å². The lowest BCUT2D eigenvalue weighted by atomic mass is 10.1. The van der Waals surface area contributed by atoms with Crippen LogP contribution in [0.3, 0.4) is 0 Å². The van der Waals surface area contributed by atoms with E-state index in [9.17, 15) is 4.39 Å². The molecule has 2 aromatic carbocycles. The van der Waals surface area contributed by atoms with Crippen LogP contribution in [0.15, 0.2) is 52.3 Å². The Morgan fingerprint density at radius 2 is 1.84 bits per heavy atom. The molecule has 0 aliphatic carbocycles. The van der Waals surface area contributed by atoms with Gasteiger partial charge in [0, 0.05) is 9.79 Å². The number of rotatable bonds is 5. The summed E-state index contributed by atoms with van der Waals surface area (Å²) in [5.41, 5.74) is 6.43. The molecule has 0 saturated carbocycles. The van der Waals surface area contributed by atoms with Gasteiger partial charge in [-0.15, -0.1) is 0 Å². The van der Waals surface area contributed by atoms with Crippen LogP contribution >= 0.6 is 11.8 Å². The summed E-state index contributed by atoms with van der Waals surface area (Å²) in [4.78, 5) is 1.93. The molecular weight excluding hydrogens is 261 g/mol. The van der Waals surface area contributed by atoms with E-state index in [0.29, 0.717) is 13.0 Å². The van der Waals surface area contributed by atoms with Gasteiger partial charge in [-0.25, -0.2) is 4.39 Å². The van der Waals surface area contributed by atoms with E-state index in [1.165, 1.54) is 23.9 Å². The molecule has 100 valence electrons. The third-order valence-corrected chi connectivity index (χ3v) is 3.64. The molecule has 2 N–H and O–H groups in total.